The molecule has 1 atom stereocenters. The summed E-state index contributed by atoms with van der Waals surface area (Å²) in [5.74, 6) is 0. The van der Waals surface area contributed by atoms with Crippen molar-refractivity contribution >= 4 is 20.6 Å². The van der Waals surface area contributed by atoms with E-state index in [1.54, 1.807) is 4.34 Å². The van der Waals surface area contributed by atoms with Crippen molar-refractivity contribution < 1.29 is 0 Å². The quantitative estimate of drug-likeness (QED) is 0.636. The van der Waals surface area contributed by atoms with Gasteiger partial charge in [-0.2, -0.15) is 0 Å². The number of aromatic amines is 1. The monoisotopic (exact) mass is 198 g/mol. The molecule has 0 amide bonds. The molecule has 0 aromatic carbocycles. The largest absolute Gasteiger partial charge is 0.311 e. The highest BCUT2D eigenvalue weighted by atomic mass is 31.0. The normalized spacial score (nSPS) is 9.46. The molecule has 0 spiro atoms. The zero-order chi connectivity index (χ0) is 9.84. The van der Waals surface area contributed by atoms with Crippen molar-refractivity contribution in [3.05, 3.63) is 23.0 Å². The minimum atomic E-state index is -0.212. The maximum absolute atomic E-state index is 11.0. The molecule has 70 valence electrons. The van der Waals surface area contributed by atoms with Crippen molar-refractivity contribution in [2.24, 2.45) is 0 Å². The first-order chi connectivity index (χ1) is 6.29. The molecule has 2 aromatic rings. The van der Waals surface area contributed by atoms with Crippen molar-refractivity contribution in [3.8, 4) is 0 Å². The Morgan fingerprint density at radius 2 is 2.15 bits per heavy atom. The molecule has 13 heavy (non-hydrogen) atoms. The zero-order valence-electron chi connectivity index (χ0n) is 7.48. The molecule has 2 rings (SSSR count). The summed E-state index contributed by atoms with van der Waals surface area (Å²) in [5.41, 5.74) is 0.720. The Hall–Kier alpha value is -1.22. The summed E-state index contributed by atoms with van der Waals surface area (Å²) in [6.07, 6.45) is 2.88. The van der Waals surface area contributed by atoms with Gasteiger partial charge in [0.25, 0.3) is 5.56 Å². The second-order valence-electron chi connectivity index (χ2n) is 2.06. The fourth-order valence-electron chi connectivity index (χ4n) is 0.863. The predicted octanol–water partition coefficient (Wildman–Crippen LogP) is 0.784. The van der Waals surface area contributed by atoms with Crippen LogP contribution in [0, 0.1) is 0 Å². The number of fused-ring (bicyclic) bond motifs is 1. The Morgan fingerprint density at radius 1 is 1.46 bits per heavy atom. The van der Waals surface area contributed by atoms with Crippen LogP contribution in [0.5, 0.6) is 0 Å². The minimum Gasteiger partial charge on any atom is -0.311 e. The van der Waals surface area contributed by atoms with Gasteiger partial charge < -0.3 is 4.98 Å². The SMILES string of the molecule is CC.O=c1[nH]cnc2c1ncn2P. The van der Waals surface area contributed by atoms with Crippen LogP contribution in [0.1, 0.15) is 13.8 Å². The first kappa shape index (κ1) is 9.86. The molecule has 0 radical (unpaired) electrons. The highest BCUT2D eigenvalue weighted by Gasteiger charge is 2.02. The standard InChI is InChI=1S/C5H5N4OP.C2H6/c10-5-3-4(6-1-7-5)9(11)2-8-3;1-2/h1-2H,11H2,(H,6,7,10);1-2H3. The van der Waals surface area contributed by atoms with Gasteiger partial charge in [0, 0.05) is 0 Å². The number of rotatable bonds is 0. The van der Waals surface area contributed by atoms with E-state index in [2.05, 4.69) is 24.3 Å². The van der Waals surface area contributed by atoms with Crippen molar-refractivity contribution in [2.75, 3.05) is 0 Å². The van der Waals surface area contributed by atoms with E-state index in [4.69, 9.17) is 0 Å². The van der Waals surface area contributed by atoms with E-state index in [9.17, 15) is 4.79 Å². The molecule has 0 saturated heterocycles. The average molecular weight is 198 g/mol. The van der Waals surface area contributed by atoms with Gasteiger partial charge in [0.05, 0.1) is 6.33 Å². The van der Waals surface area contributed by atoms with E-state index >= 15 is 0 Å². The smallest absolute Gasteiger partial charge is 0.278 e. The lowest BCUT2D eigenvalue weighted by molar-refractivity contribution is 1.14. The second kappa shape index (κ2) is 4.14. The fraction of sp³-hybridized carbons (Fsp3) is 0.286. The molecule has 1 unspecified atom stereocenters. The summed E-state index contributed by atoms with van der Waals surface area (Å²) in [6, 6.07) is 0. The first-order valence-electron chi connectivity index (χ1n) is 3.95. The molecule has 2 heterocycles. The molecular weight excluding hydrogens is 187 g/mol. The van der Waals surface area contributed by atoms with E-state index < -0.39 is 0 Å². The number of H-pyrrole nitrogens is 1. The van der Waals surface area contributed by atoms with Crippen LogP contribution in [0.4, 0.5) is 0 Å². The molecule has 6 heteroatoms. The van der Waals surface area contributed by atoms with Gasteiger partial charge in [-0.3, -0.25) is 9.13 Å². The van der Waals surface area contributed by atoms with Crippen LogP contribution in [0.25, 0.3) is 11.2 Å². The lowest BCUT2D eigenvalue weighted by Gasteiger charge is -1.88. The first-order valence-corrected chi connectivity index (χ1v) is 4.46. The Bertz CT molecular complexity index is 447. The summed E-state index contributed by atoms with van der Waals surface area (Å²) in [5, 5.41) is 0. The van der Waals surface area contributed by atoms with E-state index in [0.717, 1.165) is 0 Å². The van der Waals surface area contributed by atoms with Gasteiger partial charge in [0.1, 0.15) is 6.33 Å². The summed E-state index contributed by atoms with van der Waals surface area (Å²) >= 11 is 0. The van der Waals surface area contributed by atoms with Crippen molar-refractivity contribution in [3.63, 3.8) is 0 Å². The van der Waals surface area contributed by atoms with Crippen LogP contribution in [0.2, 0.25) is 0 Å². The van der Waals surface area contributed by atoms with Gasteiger partial charge in [0.15, 0.2) is 11.2 Å². The maximum atomic E-state index is 11.0. The third-order valence-electron chi connectivity index (χ3n) is 1.37. The third kappa shape index (κ3) is 1.75. The maximum Gasteiger partial charge on any atom is 0.278 e. The number of nitrogens with zero attached hydrogens (tertiary/aromatic N) is 3. The molecule has 5 nitrogen and oxygen atoms in total. The summed E-state index contributed by atoms with van der Waals surface area (Å²) in [7, 11) is 2.39. The fourth-order valence-corrected chi connectivity index (χ4v) is 1.12. The van der Waals surface area contributed by atoms with E-state index in [-0.39, 0.29) is 5.56 Å². The highest BCUT2D eigenvalue weighted by molar-refractivity contribution is 7.14. The molecule has 0 aliphatic rings. The van der Waals surface area contributed by atoms with Crippen molar-refractivity contribution in [2.45, 2.75) is 13.8 Å². The molecule has 0 aliphatic carbocycles. The molecule has 1 N–H and O–H groups in total. The van der Waals surface area contributed by atoms with Crippen molar-refractivity contribution in [1.29, 1.82) is 0 Å². The lowest BCUT2D eigenvalue weighted by Crippen LogP contribution is -2.05. The molecule has 0 fully saturated rings. The van der Waals surface area contributed by atoms with Crippen LogP contribution in [0.15, 0.2) is 17.4 Å². The summed E-state index contributed by atoms with van der Waals surface area (Å²) in [6.45, 7) is 4.00. The molecule has 2 aromatic heterocycles. The molecule has 0 bridgehead atoms. The Labute approximate surface area is 77.5 Å². The number of aromatic nitrogens is 4. The van der Waals surface area contributed by atoms with Gasteiger partial charge in [-0.1, -0.05) is 13.8 Å². The van der Waals surface area contributed by atoms with Crippen LogP contribution in [0.3, 0.4) is 0 Å². The Morgan fingerprint density at radius 3 is 2.77 bits per heavy atom. The Balaban J connectivity index is 0.000000396. The van der Waals surface area contributed by atoms with Crippen molar-refractivity contribution in [1.82, 2.24) is 19.3 Å². The number of nitrogens with one attached hydrogen (secondary N) is 1. The van der Waals surface area contributed by atoms with Crippen LogP contribution in [-0.4, -0.2) is 19.3 Å². The van der Waals surface area contributed by atoms with Crippen LogP contribution in [-0.2, 0) is 0 Å². The average Bonchev–Trinajstić information content (AvgIpc) is 2.53. The number of hydrogen-bond donors (Lipinski definition) is 1. The van der Waals surface area contributed by atoms with Gasteiger partial charge in [-0.05, 0) is 9.39 Å². The van der Waals surface area contributed by atoms with E-state index in [1.165, 1.54) is 12.7 Å². The second-order valence-corrected chi connectivity index (χ2v) is 2.61. The Kier molecular flexibility index (Phi) is 3.14. The minimum absolute atomic E-state index is 0.212. The van der Waals surface area contributed by atoms with E-state index in [1.807, 2.05) is 13.8 Å². The lowest BCUT2D eigenvalue weighted by atomic mass is 10.6. The predicted molar refractivity (Wildman–Crippen MR) is 54.6 cm³/mol. The van der Waals surface area contributed by atoms with Gasteiger partial charge in [0.2, 0.25) is 0 Å². The van der Waals surface area contributed by atoms with Crippen LogP contribution >= 0.6 is 9.39 Å². The topological polar surface area (TPSA) is 63.6 Å². The summed E-state index contributed by atoms with van der Waals surface area (Å²) in [4.78, 5) is 21.2. The molecular formula is C7H11N4OP. The van der Waals surface area contributed by atoms with Gasteiger partial charge >= 0.3 is 0 Å². The molecule has 0 aliphatic heterocycles. The zero-order valence-corrected chi connectivity index (χ0v) is 8.64. The number of imidazole rings is 1. The highest BCUT2D eigenvalue weighted by Crippen LogP contribution is 2.05. The van der Waals surface area contributed by atoms with E-state index in [0.29, 0.717) is 11.2 Å². The van der Waals surface area contributed by atoms with Gasteiger partial charge in [-0.15, -0.1) is 0 Å². The van der Waals surface area contributed by atoms with Gasteiger partial charge in [-0.25, -0.2) is 9.97 Å². The number of hydrogen-bond acceptors (Lipinski definition) is 3. The van der Waals surface area contributed by atoms with Crippen LogP contribution < -0.4 is 5.56 Å². The third-order valence-corrected chi connectivity index (χ3v) is 1.74. The molecule has 0 saturated carbocycles. The summed E-state index contributed by atoms with van der Waals surface area (Å²) < 4.78 is 1.62.